The summed E-state index contributed by atoms with van der Waals surface area (Å²) < 4.78 is 7.38. The van der Waals surface area contributed by atoms with E-state index >= 15 is 0 Å². The summed E-state index contributed by atoms with van der Waals surface area (Å²) in [6, 6.07) is 0.466. The van der Waals surface area contributed by atoms with E-state index in [-0.39, 0.29) is 6.04 Å². The van der Waals surface area contributed by atoms with Crippen LogP contribution >= 0.6 is 0 Å². The number of nitrogens with one attached hydrogen (secondary N) is 1. The molecule has 0 radical (unpaired) electrons. The smallest absolute Gasteiger partial charge is 0.408 e. The molecule has 1 fully saturated rings. The molecule has 1 heterocycles. The Balaban J connectivity index is 1.96. The number of imidazole rings is 1. The fourth-order valence-electron chi connectivity index (χ4n) is 1.87. The molecule has 1 aromatic rings. The topological polar surface area (TPSA) is 56.1 Å². The van der Waals surface area contributed by atoms with Gasteiger partial charge in [-0.1, -0.05) is 0 Å². The van der Waals surface area contributed by atoms with Crippen LogP contribution in [0.5, 0.6) is 0 Å². The Morgan fingerprint density at radius 2 is 2.22 bits per heavy atom. The van der Waals surface area contributed by atoms with Gasteiger partial charge in [-0.05, 0) is 40.5 Å². The van der Waals surface area contributed by atoms with Crippen LogP contribution in [-0.2, 0) is 4.74 Å². The van der Waals surface area contributed by atoms with Crippen LogP contribution in [-0.4, -0.2) is 21.2 Å². The molecule has 0 bridgehead atoms. The number of hydrogen-bond donors (Lipinski definition) is 1. The lowest BCUT2D eigenvalue weighted by Gasteiger charge is -2.22. The highest BCUT2D eigenvalue weighted by Gasteiger charge is 2.27. The molecule has 2 rings (SSSR count). The molecule has 1 aliphatic carbocycles. The van der Waals surface area contributed by atoms with Crippen LogP contribution in [0.2, 0.25) is 0 Å². The van der Waals surface area contributed by atoms with Crippen molar-refractivity contribution in [3.63, 3.8) is 0 Å². The van der Waals surface area contributed by atoms with E-state index in [0.29, 0.717) is 6.04 Å². The molecule has 18 heavy (non-hydrogen) atoms. The van der Waals surface area contributed by atoms with Crippen molar-refractivity contribution in [2.75, 3.05) is 0 Å². The predicted octanol–water partition coefficient (Wildman–Crippen LogP) is 2.80. The Bertz CT molecular complexity index is 430. The van der Waals surface area contributed by atoms with Gasteiger partial charge in [-0.2, -0.15) is 0 Å². The number of rotatable bonds is 3. The van der Waals surface area contributed by atoms with Gasteiger partial charge in [-0.25, -0.2) is 9.78 Å². The summed E-state index contributed by atoms with van der Waals surface area (Å²) in [5.41, 5.74) is 0.559. The lowest BCUT2D eigenvalue weighted by molar-refractivity contribution is 0.0506. The fraction of sp³-hybridized carbons (Fsp3) is 0.692. The van der Waals surface area contributed by atoms with Gasteiger partial charge in [0.1, 0.15) is 5.60 Å². The molecule has 100 valence electrons. The average Bonchev–Trinajstić information content (AvgIpc) is 2.92. The van der Waals surface area contributed by atoms with Gasteiger partial charge in [0.2, 0.25) is 0 Å². The van der Waals surface area contributed by atoms with Crippen molar-refractivity contribution >= 4 is 6.09 Å². The molecule has 0 saturated heterocycles. The highest BCUT2D eigenvalue weighted by Crippen LogP contribution is 2.36. The summed E-state index contributed by atoms with van der Waals surface area (Å²) in [6.45, 7) is 7.50. The number of aromatic nitrogens is 2. The summed E-state index contributed by atoms with van der Waals surface area (Å²) in [5.74, 6) is 0. The van der Waals surface area contributed by atoms with E-state index in [0.717, 1.165) is 5.69 Å². The lowest BCUT2D eigenvalue weighted by Crippen LogP contribution is -2.34. The summed E-state index contributed by atoms with van der Waals surface area (Å²) in [6.07, 6.45) is 5.64. The molecule has 5 nitrogen and oxygen atoms in total. The van der Waals surface area contributed by atoms with Gasteiger partial charge in [0.05, 0.1) is 24.3 Å². The van der Waals surface area contributed by atoms with Gasteiger partial charge in [0, 0.05) is 6.04 Å². The van der Waals surface area contributed by atoms with Gasteiger partial charge in [0.15, 0.2) is 0 Å². The van der Waals surface area contributed by atoms with Crippen LogP contribution in [0, 0.1) is 0 Å². The van der Waals surface area contributed by atoms with Gasteiger partial charge in [0.25, 0.3) is 0 Å². The van der Waals surface area contributed by atoms with Gasteiger partial charge >= 0.3 is 6.09 Å². The second-order valence-electron chi connectivity index (χ2n) is 5.82. The summed E-state index contributed by atoms with van der Waals surface area (Å²) >= 11 is 0. The third-order valence-electron chi connectivity index (χ3n) is 2.81. The van der Waals surface area contributed by atoms with Gasteiger partial charge in [-0.15, -0.1) is 0 Å². The fourth-order valence-corrected chi connectivity index (χ4v) is 1.87. The number of carbonyl (C=O) groups excluding carboxylic acids is 1. The molecule has 1 N–H and O–H groups in total. The molecule has 0 spiro atoms. The molecule has 0 aliphatic heterocycles. The van der Waals surface area contributed by atoms with E-state index in [1.807, 2.05) is 34.0 Å². The largest absolute Gasteiger partial charge is 0.444 e. The molecule has 1 saturated carbocycles. The molecule has 1 atom stereocenters. The maximum absolute atomic E-state index is 11.7. The minimum Gasteiger partial charge on any atom is -0.444 e. The number of hydrogen-bond acceptors (Lipinski definition) is 3. The highest BCUT2D eigenvalue weighted by atomic mass is 16.6. The van der Waals surface area contributed by atoms with Crippen LogP contribution in [0.1, 0.15) is 58.3 Å². The highest BCUT2D eigenvalue weighted by molar-refractivity contribution is 5.68. The molecule has 5 heteroatoms. The van der Waals surface area contributed by atoms with Crippen LogP contribution in [0.4, 0.5) is 4.79 Å². The summed E-state index contributed by atoms with van der Waals surface area (Å²) in [4.78, 5) is 15.9. The van der Waals surface area contributed by atoms with Crippen molar-refractivity contribution in [1.82, 2.24) is 14.9 Å². The Morgan fingerprint density at radius 3 is 2.78 bits per heavy atom. The quantitative estimate of drug-likeness (QED) is 0.898. The molecule has 0 aromatic carbocycles. The van der Waals surface area contributed by atoms with Crippen LogP contribution in [0.3, 0.4) is 0 Å². The zero-order valence-electron chi connectivity index (χ0n) is 11.4. The molecule has 1 aromatic heterocycles. The first-order valence-corrected chi connectivity index (χ1v) is 6.38. The molecule has 1 aliphatic rings. The van der Waals surface area contributed by atoms with Crippen LogP contribution in [0.25, 0.3) is 0 Å². The monoisotopic (exact) mass is 251 g/mol. The van der Waals surface area contributed by atoms with E-state index in [1.165, 1.54) is 12.8 Å². The normalized spacial score (nSPS) is 17.3. The Kier molecular flexibility index (Phi) is 3.32. The maximum atomic E-state index is 11.7. The predicted molar refractivity (Wildman–Crippen MR) is 68.3 cm³/mol. The number of carbonyl (C=O) groups is 1. The van der Waals surface area contributed by atoms with Gasteiger partial charge < -0.3 is 14.6 Å². The van der Waals surface area contributed by atoms with Crippen molar-refractivity contribution in [2.45, 2.75) is 58.2 Å². The number of amides is 1. The van der Waals surface area contributed by atoms with E-state index in [1.54, 1.807) is 6.20 Å². The second-order valence-corrected chi connectivity index (χ2v) is 5.82. The second kappa shape index (κ2) is 4.63. The minimum atomic E-state index is -0.472. The van der Waals surface area contributed by atoms with Crippen molar-refractivity contribution in [3.05, 3.63) is 18.2 Å². The Morgan fingerprint density at radius 1 is 1.56 bits per heavy atom. The molecule has 0 unspecified atom stereocenters. The van der Waals surface area contributed by atoms with Gasteiger partial charge in [-0.3, -0.25) is 0 Å². The standard InChI is InChI=1S/C13H21N3O2/c1-9(15-12(17)18-13(2,3)4)11-7-14-8-16(11)10-5-6-10/h7-10H,5-6H2,1-4H3,(H,15,17)/t9-/m0/s1. The Hall–Kier alpha value is -1.52. The first-order chi connectivity index (χ1) is 8.37. The number of nitrogens with zero attached hydrogens (tertiary/aromatic N) is 2. The molecule has 1 amide bonds. The molecular weight excluding hydrogens is 230 g/mol. The van der Waals surface area contributed by atoms with E-state index in [2.05, 4.69) is 14.9 Å². The van der Waals surface area contributed by atoms with E-state index in [9.17, 15) is 4.79 Å². The van der Waals surface area contributed by atoms with Crippen molar-refractivity contribution < 1.29 is 9.53 Å². The van der Waals surface area contributed by atoms with Crippen LogP contribution < -0.4 is 5.32 Å². The zero-order chi connectivity index (χ0) is 13.3. The average molecular weight is 251 g/mol. The molecular formula is C13H21N3O2. The zero-order valence-corrected chi connectivity index (χ0v) is 11.4. The third kappa shape index (κ3) is 3.24. The van der Waals surface area contributed by atoms with Crippen molar-refractivity contribution in [1.29, 1.82) is 0 Å². The first-order valence-electron chi connectivity index (χ1n) is 6.38. The Labute approximate surface area is 108 Å². The van der Waals surface area contributed by atoms with E-state index in [4.69, 9.17) is 4.74 Å². The lowest BCUT2D eigenvalue weighted by atomic mass is 10.2. The van der Waals surface area contributed by atoms with Crippen LogP contribution in [0.15, 0.2) is 12.5 Å². The van der Waals surface area contributed by atoms with Crippen molar-refractivity contribution in [3.8, 4) is 0 Å². The summed E-state index contributed by atoms with van der Waals surface area (Å²) in [7, 11) is 0. The SMILES string of the molecule is C[C@H](NC(=O)OC(C)(C)C)c1cncn1C1CC1. The minimum absolute atomic E-state index is 0.0945. The number of alkyl carbamates (subject to hydrolysis) is 1. The summed E-state index contributed by atoms with van der Waals surface area (Å²) in [5, 5.41) is 2.84. The number of ether oxygens (including phenoxy) is 1. The third-order valence-corrected chi connectivity index (χ3v) is 2.81. The first kappa shape index (κ1) is 12.9. The van der Waals surface area contributed by atoms with E-state index < -0.39 is 11.7 Å². The van der Waals surface area contributed by atoms with Crippen molar-refractivity contribution in [2.24, 2.45) is 0 Å². The maximum Gasteiger partial charge on any atom is 0.408 e.